The predicted molar refractivity (Wildman–Crippen MR) is 179 cm³/mol. The van der Waals surface area contributed by atoms with Gasteiger partial charge in [-0.3, -0.25) is 38.9 Å². The number of nitrogens with one attached hydrogen (secondary N) is 2. The smallest absolute Gasteiger partial charge is 0.298 e. The van der Waals surface area contributed by atoms with Crippen LogP contribution in [0.15, 0.2) is 95.0 Å². The Kier molecular flexibility index (Phi) is 8.35. The van der Waals surface area contributed by atoms with Gasteiger partial charge in [0.1, 0.15) is 18.9 Å². The van der Waals surface area contributed by atoms with Crippen molar-refractivity contribution in [2.24, 2.45) is 0 Å². The lowest BCUT2D eigenvalue weighted by Crippen LogP contribution is -2.28. The fourth-order valence-electron chi connectivity index (χ4n) is 6.00. The van der Waals surface area contributed by atoms with E-state index in [0.29, 0.717) is 43.3 Å². The number of hydrogen-bond donors (Lipinski definition) is 2. The van der Waals surface area contributed by atoms with Crippen molar-refractivity contribution in [1.82, 2.24) is 39.5 Å². The molecule has 0 bridgehead atoms. The minimum absolute atomic E-state index is 0.0538. The van der Waals surface area contributed by atoms with Crippen LogP contribution in [0.4, 0.5) is 30.7 Å². The highest BCUT2D eigenvalue weighted by atomic mass is 19.4. The van der Waals surface area contributed by atoms with Crippen LogP contribution in [-0.4, -0.2) is 51.8 Å². The lowest BCUT2D eigenvalue weighted by Gasteiger charge is -2.14. The summed E-state index contributed by atoms with van der Waals surface area (Å²) in [5, 5.41) is 13.8. The predicted octanol–water partition coefficient (Wildman–Crippen LogP) is 7.45. The lowest BCUT2D eigenvalue weighted by atomic mass is 10.0. The quantitative estimate of drug-likeness (QED) is 0.182. The number of halogens is 7. The number of pyridine rings is 4. The second-order valence-corrected chi connectivity index (χ2v) is 11.8. The molecular weight excluding hydrogens is 697 g/mol. The Morgan fingerprint density at radius 1 is 0.635 bits per heavy atom. The van der Waals surface area contributed by atoms with E-state index in [0.717, 1.165) is 15.7 Å². The molecule has 0 saturated heterocycles. The molecule has 0 radical (unpaired) electrons. The zero-order valence-electron chi connectivity index (χ0n) is 26.6. The summed E-state index contributed by atoms with van der Waals surface area (Å²) in [5.41, 5.74) is 2.48. The Labute approximate surface area is 286 Å². The summed E-state index contributed by atoms with van der Waals surface area (Å²) in [6.07, 6.45) is -3.82. The van der Waals surface area contributed by atoms with E-state index in [-0.39, 0.29) is 21.8 Å². The van der Waals surface area contributed by atoms with E-state index in [1.54, 1.807) is 0 Å². The van der Waals surface area contributed by atoms with Crippen LogP contribution in [0.2, 0.25) is 0 Å². The number of fused-ring (bicyclic) bond motifs is 6. The zero-order chi connectivity index (χ0) is 36.9. The number of aryl methyl sites for hydroxylation is 1. The third kappa shape index (κ3) is 6.47. The van der Waals surface area contributed by atoms with Gasteiger partial charge in [0.05, 0.1) is 56.6 Å². The first kappa shape index (κ1) is 34.1. The zero-order valence-corrected chi connectivity index (χ0v) is 26.6. The van der Waals surface area contributed by atoms with Crippen LogP contribution in [0.5, 0.6) is 0 Å². The van der Waals surface area contributed by atoms with Gasteiger partial charge in [0, 0.05) is 34.3 Å². The van der Waals surface area contributed by atoms with E-state index in [4.69, 9.17) is 0 Å². The highest BCUT2D eigenvalue weighted by molar-refractivity contribution is 6.04. The second-order valence-electron chi connectivity index (χ2n) is 11.8. The molecule has 0 amide bonds. The van der Waals surface area contributed by atoms with Crippen molar-refractivity contribution in [3.05, 3.63) is 118 Å². The van der Waals surface area contributed by atoms with Crippen molar-refractivity contribution in [3.63, 3.8) is 0 Å². The maximum absolute atomic E-state index is 13.1. The van der Waals surface area contributed by atoms with Gasteiger partial charge in [-0.25, -0.2) is 4.39 Å². The molecule has 0 atom stereocenters. The maximum Gasteiger partial charge on any atom is 0.406 e. The molecule has 17 heteroatoms. The minimum atomic E-state index is -4.58. The molecule has 6 heterocycles. The Hall–Kier alpha value is -6.39. The van der Waals surface area contributed by atoms with Crippen molar-refractivity contribution < 1.29 is 30.7 Å². The Morgan fingerprint density at radius 2 is 1.12 bits per heavy atom. The van der Waals surface area contributed by atoms with Gasteiger partial charge in [-0.1, -0.05) is 24.3 Å². The van der Waals surface area contributed by atoms with Gasteiger partial charge in [0.25, 0.3) is 11.1 Å². The molecule has 0 aliphatic carbocycles. The van der Waals surface area contributed by atoms with Crippen molar-refractivity contribution in [2.45, 2.75) is 32.4 Å². The first-order valence-corrected chi connectivity index (χ1v) is 15.4. The molecule has 6 aromatic heterocycles. The van der Waals surface area contributed by atoms with E-state index >= 15 is 0 Å². The molecule has 2 N–H and O–H groups in total. The molecule has 264 valence electrons. The van der Waals surface area contributed by atoms with Gasteiger partial charge in [-0.2, -0.15) is 36.5 Å². The molecule has 8 aromatic rings. The van der Waals surface area contributed by atoms with E-state index < -0.39 is 42.4 Å². The van der Waals surface area contributed by atoms with Crippen LogP contribution < -0.4 is 11.1 Å². The number of aromatic amines is 2. The first-order chi connectivity index (χ1) is 24.7. The van der Waals surface area contributed by atoms with Crippen molar-refractivity contribution >= 4 is 43.6 Å². The standard InChI is InChI=1S/C18H13F3N4O.C17H10F4N4O/c1-10-4-2-3-5-11(10)14-6-15-12(7-22-14)16-13(8-23-24-16)17(26)25(15)9-18(19,20)21;18-10-3-1-9(2-4-10)13-5-14-11(6-22-13)15-12(7-23-24-15)16(26)25(14)8-17(19,20)21/h2-8H,9H2,1H3,(H,23,24);1-7H,8H2,(H,23,24). The molecule has 0 aliphatic rings. The van der Waals surface area contributed by atoms with Crippen molar-refractivity contribution in [3.8, 4) is 22.5 Å². The van der Waals surface area contributed by atoms with Gasteiger partial charge in [0.2, 0.25) is 0 Å². The van der Waals surface area contributed by atoms with Gasteiger partial charge in [0.15, 0.2) is 0 Å². The number of benzene rings is 2. The fourth-order valence-corrected chi connectivity index (χ4v) is 6.00. The number of alkyl halides is 6. The van der Waals surface area contributed by atoms with E-state index in [9.17, 15) is 40.3 Å². The monoisotopic (exact) mass is 720 g/mol. The molecule has 0 spiro atoms. The summed E-state index contributed by atoms with van der Waals surface area (Å²) < 4.78 is 92.7. The van der Waals surface area contributed by atoms with Crippen LogP contribution in [0, 0.1) is 12.7 Å². The van der Waals surface area contributed by atoms with Crippen LogP contribution >= 0.6 is 0 Å². The average Bonchev–Trinajstić information content (AvgIpc) is 3.80. The molecule has 10 nitrogen and oxygen atoms in total. The summed E-state index contributed by atoms with van der Waals surface area (Å²) in [7, 11) is 0. The topological polar surface area (TPSA) is 127 Å². The SMILES string of the molecule is Cc1ccccc1-c1cc2c(cn1)c1[nH]ncc1c(=O)n2CC(F)(F)F.O=c1c2cn[nH]c2c2cnc(-c3ccc(F)cc3)cc2n1CC(F)(F)F. The van der Waals surface area contributed by atoms with Gasteiger partial charge >= 0.3 is 12.4 Å². The Morgan fingerprint density at radius 3 is 1.62 bits per heavy atom. The maximum atomic E-state index is 13.1. The first-order valence-electron chi connectivity index (χ1n) is 15.4. The fraction of sp³-hybridized carbons (Fsp3) is 0.143. The highest BCUT2D eigenvalue weighted by Gasteiger charge is 2.31. The lowest BCUT2D eigenvalue weighted by molar-refractivity contribution is -0.141. The van der Waals surface area contributed by atoms with Crippen molar-refractivity contribution in [1.29, 1.82) is 0 Å². The van der Waals surface area contributed by atoms with Crippen LogP contribution in [0.1, 0.15) is 5.56 Å². The minimum Gasteiger partial charge on any atom is -0.298 e. The number of hydrogen-bond acceptors (Lipinski definition) is 6. The summed E-state index contributed by atoms with van der Waals surface area (Å²) in [6, 6.07) is 15.7. The normalized spacial score (nSPS) is 12.2. The number of nitrogens with zero attached hydrogens (tertiary/aromatic N) is 6. The van der Waals surface area contributed by atoms with Crippen LogP contribution in [-0.2, 0) is 13.1 Å². The Balaban J connectivity index is 0.000000162. The summed E-state index contributed by atoms with van der Waals surface area (Å²) >= 11 is 0. The largest absolute Gasteiger partial charge is 0.406 e. The molecule has 0 fully saturated rings. The van der Waals surface area contributed by atoms with Gasteiger partial charge in [-0.15, -0.1) is 0 Å². The molecule has 0 aliphatic heterocycles. The highest BCUT2D eigenvalue weighted by Crippen LogP contribution is 2.30. The third-order valence-electron chi connectivity index (χ3n) is 8.35. The molecule has 52 heavy (non-hydrogen) atoms. The van der Waals surface area contributed by atoms with E-state index in [1.165, 1.54) is 61.2 Å². The summed E-state index contributed by atoms with van der Waals surface area (Å²) in [5.74, 6) is -0.442. The summed E-state index contributed by atoms with van der Waals surface area (Å²) in [4.78, 5) is 33.7. The third-order valence-corrected chi connectivity index (χ3v) is 8.35. The van der Waals surface area contributed by atoms with Crippen molar-refractivity contribution in [2.75, 3.05) is 0 Å². The number of H-pyrrole nitrogens is 2. The molecule has 0 saturated carbocycles. The molecular formula is C35H23F7N8O2. The summed E-state index contributed by atoms with van der Waals surface area (Å²) in [6.45, 7) is -0.918. The molecule has 8 rings (SSSR count). The van der Waals surface area contributed by atoms with Gasteiger partial charge in [-0.05, 0) is 48.9 Å². The average molecular weight is 721 g/mol. The van der Waals surface area contributed by atoms with Crippen LogP contribution in [0.25, 0.3) is 66.1 Å². The number of rotatable bonds is 4. The van der Waals surface area contributed by atoms with Gasteiger partial charge < -0.3 is 0 Å². The second kappa shape index (κ2) is 12.7. The molecule has 2 aromatic carbocycles. The van der Waals surface area contributed by atoms with E-state index in [2.05, 4.69) is 30.4 Å². The molecule has 0 unspecified atom stereocenters. The Bertz CT molecular complexity index is 2750. The van der Waals surface area contributed by atoms with E-state index in [1.807, 2.05) is 31.2 Å². The number of aromatic nitrogens is 8. The van der Waals surface area contributed by atoms with Crippen LogP contribution in [0.3, 0.4) is 0 Å².